The fourth-order valence-corrected chi connectivity index (χ4v) is 0.519. The molecule has 0 radical (unpaired) electrons. The van der Waals surface area contributed by atoms with E-state index in [0.29, 0.717) is 19.6 Å². The first-order valence-electron chi connectivity index (χ1n) is 4.49. The highest BCUT2D eigenvalue weighted by Crippen LogP contribution is 2.13. The zero-order chi connectivity index (χ0) is 13.7. The SMILES string of the molecule is C=CC(=O)OCCOCCCF.FC(F)(F)F. The minimum atomic E-state index is -5.50. The van der Waals surface area contributed by atoms with E-state index in [9.17, 15) is 26.7 Å². The van der Waals surface area contributed by atoms with Gasteiger partial charge in [-0.25, -0.2) is 4.79 Å². The highest BCUT2D eigenvalue weighted by Gasteiger charge is 2.24. The summed E-state index contributed by atoms with van der Waals surface area (Å²) in [6, 6.07) is 0. The van der Waals surface area contributed by atoms with Crippen LogP contribution in [0, 0.1) is 0 Å². The third-order valence-electron chi connectivity index (χ3n) is 1.06. The number of carbonyl (C=O) groups excluding carboxylic acids is 1. The van der Waals surface area contributed by atoms with Crippen LogP contribution in [0.5, 0.6) is 0 Å². The lowest BCUT2D eigenvalue weighted by Gasteiger charge is -2.02. The van der Waals surface area contributed by atoms with E-state index in [1.165, 1.54) is 0 Å². The van der Waals surface area contributed by atoms with Gasteiger partial charge in [-0.05, 0) is 6.42 Å². The third kappa shape index (κ3) is 31.3. The molecule has 0 aromatic rings. The van der Waals surface area contributed by atoms with Crippen molar-refractivity contribution >= 4 is 5.97 Å². The Hall–Kier alpha value is -1.18. The molecule has 0 saturated heterocycles. The summed E-state index contributed by atoms with van der Waals surface area (Å²) >= 11 is 0. The van der Waals surface area contributed by atoms with Gasteiger partial charge in [0.25, 0.3) is 0 Å². The van der Waals surface area contributed by atoms with Gasteiger partial charge < -0.3 is 9.47 Å². The smallest absolute Gasteiger partial charge is 0.460 e. The Morgan fingerprint density at radius 3 is 2.12 bits per heavy atom. The second-order valence-electron chi connectivity index (χ2n) is 2.46. The number of halogens is 5. The number of esters is 1. The molecule has 17 heavy (non-hydrogen) atoms. The molecular formula is C9H13F5O3. The zero-order valence-corrected chi connectivity index (χ0v) is 8.93. The molecule has 0 saturated carbocycles. The average molecular weight is 264 g/mol. The number of carbonyl (C=O) groups is 1. The third-order valence-corrected chi connectivity index (χ3v) is 1.06. The normalized spacial score (nSPS) is 10.2. The highest BCUT2D eigenvalue weighted by atomic mass is 19.5. The highest BCUT2D eigenvalue weighted by molar-refractivity contribution is 5.81. The van der Waals surface area contributed by atoms with E-state index in [0.717, 1.165) is 6.08 Å². The van der Waals surface area contributed by atoms with Crippen molar-refractivity contribution in [1.82, 2.24) is 0 Å². The Kier molecular flexibility index (Phi) is 12.1. The number of rotatable bonds is 7. The predicted molar refractivity (Wildman–Crippen MR) is 49.7 cm³/mol. The van der Waals surface area contributed by atoms with Crippen molar-refractivity contribution in [1.29, 1.82) is 0 Å². The average Bonchev–Trinajstić information content (AvgIpc) is 2.20. The van der Waals surface area contributed by atoms with Gasteiger partial charge in [-0.1, -0.05) is 6.58 Å². The van der Waals surface area contributed by atoms with Gasteiger partial charge in [0.05, 0.1) is 13.3 Å². The molecule has 8 heteroatoms. The second kappa shape index (κ2) is 11.3. The molecule has 0 atom stereocenters. The van der Waals surface area contributed by atoms with Gasteiger partial charge in [-0.3, -0.25) is 4.39 Å². The Morgan fingerprint density at radius 2 is 1.71 bits per heavy atom. The Labute approximate surface area is 95.2 Å². The molecule has 0 bridgehead atoms. The molecule has 0 rings (SSSR count). The lowest BCUT2D eigenvalue weighted by molar-refractivity contribution is -0.237. The van der Waals surface area contributed by atoms with Crippen molar-refractivity contribution in [3.63, 3.8) is 0 Å². The lowest BCUT2D eigenvalue weighted by Crippen LogP contribution is -2.08. The van der Waals surface area contributed by atoms with Gasteiger partial charge in [0.2, 0.25) is 0 Å². The van der Waals surface area contributed by atoms with E-state index in [1.807, 2.05) is 0 Å². The van der Waals surface area contributed by atoms with E-state index in [4.69, 9.17) is 4.74 Å². The van der Waals surface area contributed by atoms with Gasteiger partial charge >= 0.3 is 12.4 Å². The standard InChI is InChI=1S/C8H13FO3.CF4/c1-2-8(10)12-7-6-11-5-3-4-9;2-1(3,4)5/h2H,1,3-7H2;. The molecule has 0 aromatic heterocycles. The number of hydrogen-bond donors (Lipinski definition) is 0. The van der Waals surface area contributed by atoms with Gasteiger partial charge in [0.1, 0.15) is 6.61 Å². The number of alkyl halides is 5. The maximum Gasteiger partial charge on any atom is 0.559 e. The number of ether oxygens (including phenoxy) is 2. The molecule has 0 N–H and O–H groups in total. The summed E-state index contributed by atoms with van der Waals surface area (Å²) in [5.41, 5.74) is 0. The quantitative estimate of drug-likeness (QED) is 0.307. The summed E-state index contributed by atoms with van der Waals surface area (Å²) in [6.07, 6.45) is -4.03. The fraction of sp³-hybridized carbons (Fsp3) is 0.667. The first-order valence-corrected chi connectivity index (χ1v) is 4.49. The molecule has 0 spiro atoms. The molecule has 0 aliphatic heterocycles. The van der Waals surface area contributed by atoms with Crippen LogP contribution in [0.25, 0.3) is 0 Å². The van der Waals surface area contributed by atoms with E-state index >= 15 is 0 Å². The molecule has 0 amide bonds. The predicted octanol–water partition coefficient (Wildman–Crippen LogP) is 2.57. The van der Waals surface area contributed by atoms with Crippen molar-refractivity contribution in [2.75, 3.05) is 26.5 Å². The van der Waals surface area contributed by atoms with Crippen molar-refractivity contribution in [2.24, 2.45) is 0 Å². The zero-order valence-electron chi connectivity index (χ0n) is 8.93. The van der Waals surface area contributed by atoms with E-state index in [1.54, 1.807) is 0 Å². The molecule has 3 nitrogen and oxygen atoms in total. The molecule has 102 valence electrons. The van der Waals surface area contributed by atoms with E-state index in [-0.39, 0.29) is 13.3 Å². The maximum absolute atomic E-state index is 11.5. The van der Waals surface area contributed by atoms with Crippen LogP contribution in [0.15, 0.2) is 12.7 Å². The van der Waals surface area contributed by atoms with Crippen molar-refractivity contribution in [2.45, 2.75) is 12.9 Å². The van der Waals surface area contributed by atoms with Crippen LogP contribution in [0.1, 0.15) is 6.42 Å². The molecule has 0 aliphatic rings. The molecular weight excluding hydrogens is 251 g/mol. The molecule has 0 heterocycles. The first kappa shape index (κ1) is 18.2. The minimum absolute atomic E-state index is 0.192. The first-order chi connectivity index (χ1) is 7.81. The van der Waals surface area contributed by atoms with Gasteiger partial charge in [-0.2, -0.15) is 0 Å². The lowest BCUT2D eigenvalue weighted by atomic mass is 10.5. The summed E-state index contributed by atoms with van der Waals surface area (Å²) < 4.78 is 59.8. The van der Waals surface area contributed by atoms with Gasteiger partial charge in [0, 0.05) is 12.7 Å². The van der Waals surface area contributed by atoms with Crippen LogP contribution in [0.4, 0.5) is 22.0 Å². The fourth-order valence-electron chi connectivity index (χ4n) is 0.519. The Bertz CT molecular complexity index is 199. The summed E-state index contributed by atoms with van der Waals surface area (Å²) in [4.78, 5) is 10.4. The van der Waals surface area contributed by atoms with Crippen LogP contribution < -0.4 is 0 Å². The van der Waals surface area contributed by atoms with Gasteiger partial charge in [-0.15, -0.1) is 17.6 Å². The van der Waals surface area contributed by atoms with Crippen molar-refractivity contribution in [3.05, 3.63) is 12.7 Å². The summed E-state index contributed by atoms with van der Waals surface area (Å²) in [7, 11) is 0. The summed E-state index contributed by atoms with van der Waals surface area (Å²) in [5, 5.41) is 0. The van der Waals surface area contributed by atoms with Crippen LogP contribution in [-0.4, -0.2) is 38.9 Å². The van der Waals surface area contributed by atoms with Crippen LogP contribution in [0.2, 0.25) is 0 Å². The largest absolute Gasteiger partial charge is 0.559 e. The van der Waals surface area contributed by atoms with E-state index < -0.39 is 12.4 Å². The second-order valence-corrected chi connectivity index (χ2v) is 2.46. The monoisotopic (exact) mass is 264 g/mol. The van der Waals surface area contributed by atoms with Crippen LogP contribution in [-0.2, 0) is 14.3 Å². The van der Waals surface area contributed by atoms with Crippen LogP contribution in [0.3, 0.4) is 0 Å². The Balaban J connectivity index is 0. The van der Waals surface area contributed by atoms with E-state index in [2.05, 4.69) is 11.3 Å². The number of hydrogen-bond acceptors (Lipinski definition) is 3. The minimum Gasteiger partial charge on any atom is -0.460 e. The topological polar surface area (TPSA) is 35.5 Å². The van der Waals surface area contributed by atoms with Crippen LogP contribution >= 0.6 is 0 Å². The molecule has 0 aromatic carbocycles. The molecule has 0 fully saturated rings. The van der Waals surface area contributed by atoms with Crippen molar-refractivity contribution < 1.29 is 36.2 Å². The summed E-state index contributed by atoms with van der Waals surface area (Å²) in [6.45, 7) is 3.70. The molecule has 0 unspecified atom stereocenters. The summed E-state index contributed by atoms with van der Waals surface area (Å²) in [5.74, 6) is -0.468. The van der Waals surface area contributed by atoms with Gasteiger partial charge in [0.15, 0.2) is 0 Å². The Morgan fingerprint density at radius 1 is 1.18 bits per heavy atom. The van der Waals surface area contributed by atoms with Crippen molar-refractivity contribution in [3.8, 4) is 0 Å². The maximum atomic E-state index is 11.5. The molecule has 0 aliphatic carbocycles.